The Kier molecular flexibility index (Phi) is 5.72. The van der Waals surface area contributed by atoms with Crippen LogP contribution in [0, 0.1) is 11.3 Å². The zero-order chi connectivity index (χ0) is 9.40. The summed E-state index contributed by atoms with van der Waals surface area (Å²) in [6.07, 6.45) is 2.61. The van der Waals surface area contributed by atoms with Gasteiger partial charge in [-0.15, -0.1) is 0 Å². The summed E-state index contributed by atoms with van der Waals surface area (Å²) < 4.78 is 4.84. The Hall–Kier alpha value is -1.30. The van der Waals surface area contributed by atoms with Crippen LogP contribution in [0.2, 0.25) is 0 Å². The summed E-state index contributed by atoms with van der Waals surface area (Å²) in [5.41, 5.74) is 0.766. The molecular weight excluding hydrogens is 154 g/mol. The van der Waals surface area contributed by atoms with Crippen LogP contribution in [-0.2, 0) is 9.53 Å². The van der Waals surface area contributed by atoms with E-state index in [9.17, 15) is 4.79 Å². The fraction of sp³-hybridized carbons (Fsp3) is 0.556. The highest BCUT2D eigenvalue weighted by Gasteiger charge is 1.99. The Morgan fingerprint density at radius 2 is 2.33 bits per heavy atom. The molecule has 0 radical (unpaired) electrons. The van der Waals surface area contributed by atoms with E-state index in [4.69, 9.17) is 10.00 Å². The molecule has 0 atom stereocenters. The zero-order valence-electron chi connectivity index (χ0n) is 7.46. The van der Waals surface area contributed by atoms with Gasteiger partial charge in [-0.3, -0.25) is 4.79 Å². The lowest BCUT2D eigenvalue weighted by Crippen LogP contribution is -2.05. The van der Waals surface area contributed by atoms with Crippen molar-refractivity contribution in [2.45, 2.75) is 26.7 Å². The summed E-state index contributed by atoms with van der Waals surface area (Å²) in [5, 5.41) is 8.24. The Bertz CT molecular complexity index is 213. The van der Waals surface area contributed by atoms with Crippen LogP contribution in [0.3, 0.4) is 0 Å². The van der Waals surface area contributed by atoms with Crippen molar-refractivity contribution in [1.29, 1.82) is 5.26 Å². The van der Waals surface area contributed by atoms with Gasteiger partial charge >= 0.3 is 5.97 Å². The van der Waals surface area contributed by atoms with E-state index in [-0.39, 0.29) is 12.6 Å². The average molecular weight is 167 g/mol. The lowest BCUT2D eigenvalue weighted by molar-refractivity contribution is -0.142. The molecular formula is C9H13NO2. The average Bonchev–Trinajstić information content (AvgIpc) is 2.02. The molecule has 0 bridgehead atoms. The van der Waals surface area contributed by atoms with E-state index in [1.54, 1.807) is 6.92 Å². The standard InChI is InChI=1S/C9H13NO2/c1-3-4-9(11)12-7-8(2)5-6-10/h5H,3-4,7H2,1-2H3. The second-order valence-corrected chi connectivity index (χ2v) is 2.53. The molecule has 3 nitrogen and oxygen atoms in total. The third kappa shape index (κ3) is 5.48. The quantitative estimate of drug-likeness (QED) is 0.474. The molecule has 0 aliphatic carbocycles. The van der Waals surface area contributed by atoms with Gasteiger partial charge in [-0.25, -0.2) is 0 Å². The van der Waals surface area contributed by atoms with Crippen LogP contribution in [0.5, 0.6) is 0 Å². The van der Waals surface area contributed by atoms with E-state index >= 15 is 0 Å². The lowest BCUT2D eigenvalue weighted by Gasteiger charge is -2.01. The largest absolute Gasteiger partial charge is 0.461 e. The second kappa shape index (κ2) is 6.41. The van der Waals surface area contributed by atoms with Crippen LogP contribution in [0.1, 0.15) is 26.7 Å². The third-order valence-electron chi connectivity index (χ3n) is 1.23. The molecule has 0 saturated heterocycles. The molecule has 0 spiro atoms. The fourth-order valence-electron chi connectivity index (χ4n) is 0.622. The number of ether oxygens (including phenoxy) is 1. The maximum absolute atomic E-state index is 10.8. The van der Waals surface area contributed by atoms with Gasteiger partial charge in [-0.1, -0.05) is 6.92 Å². The lowest BCUT2D eigenvalue weighted by atomic mass is 10.3. The Morgan fingerprint density at radius 1 is 1.67 bits per heavy atom. The van der Waals surface area contributed by atoms with Crippen molar-refractivity contribution >= 4 is 5.97 Å². The van der Waals surface area contributed by atoms with Gasteiger partial charge < -0.3 is 4.74 Å². The predicted molar refractivity (Wildman–Crippen MR) is 45.2 cm³/mol. The van der Waals surface area contributed by atoms with Gasteiger partial charge in [0.1, 0.15) is 6.61 Å². The molecule has 0 N–H and O–H groups in total. The number of rotatable bonds is 4. The summed E-state index contributed by atoms with van der Waals surface area (Å²) in [6, 6.07) is 1.87. The van der Waals surface area contributed by atoms with Crippen molar-refractivity contribution in [2.75, 3.05) is 6.61 Å². The number of nitrogens with zero attached hydrogens (tertiary/aromatic N) is 1. The van der Waals surface area contributed by atoms with E-state index in [2.05, 4.69) is 0 Å². The first-order valence-electron chi connectivity index (χ1n) is 3.91. The minimum Gasteiger partial charge on any atom is -0.461 e. The van der Waals surface area contributed by atoms with Gasteiger partial charge in [0.15, 0.2) is 0 Å². The topological polar surface area (TPSA) is 50.1 Å². The first-order valence-corrected chi connectivity index (χ1v) is 3.91. The van der Waals surface area contributed by atoms with Gasteiger partial charge in [0.05, 0.1) is 6.07 Å². The number of hydrogen-bond donors (Lipinski definition) is 0. The number of allylic oxidation sites excluding steroid dienone is 1. The molecule has 0 amide bonds. The minimum atomic E-state index is -0.205. The monoisotopic (exact) mass is 167 g/mol. The molecule has 0 unspecified atom stereocenters. The Morgan fingerprint density at radius 3 is 2.83 bits per heavy atom. The van der Waals surface area contributed by atoms with Gasteiger partial charge in [0.2, 0.25) is 0 Å². The van der Waals surface area contributed by atoms with Crippen molar-refractivity contribution in [1.82, 2.24) is 0 Å². The zero-order valence-corrected chi connectivity index (χ0v) is 7.46. The van der Waals surface area contributed by atoms with Crippen LogP contribution in [0.15, 0.2) is 11.6 Å². The Balaban J connectivity index is 3.63. The van der Waals surface area contributed by atoms with Crippen LogP contribution in [0.25, 0.3) is 0 Å². The first kappa shape index (κ1) is 10.7. The van der Waals surface area contributed by atoms with Gasteiger partial charge in [-0.05, 0) is 18.9 Å². The van der Waals surface area contributed by atoms with Crippen molar-refractivity contribution in [2.24, 2.45) is 0 Å². The molecule has 0 aromatic heterocycles. The fourth-order valence-corrected chi connectivity index (χ4v) is 0.622. The first-order chi connectivity index (χ1) is 5.70. The van der Waals surface area contributed by atoms with Crippen molar-refractivity contribution in [3.8, 4) is 6.07 Å². The van der Waals surface area contributed by atoms with Gasteiger partial charge in [0, 0.05) is 12.5 Å². The highest BCUT2D eigenvalue weighted by atomic mass is 16.5. The van der Waals surface area contributed by atoms with Crippen molar-refractivity contribution in [3.05, 3.63) is 11.6 Å². The predicted octanol–water partition coefficient (Wildman–Crippen LogP) is 1.80. The molecule has 12 heavy (non-hydrogen) atoms. The molecule has 3 heteroatoms. The van der Waals surface area contributed by atoms with Gasteiger partial charge in [0.25, 0.3) is 0 Å². The molecule has 0 aromatic carbocycles. The molecule has 0 aliphatic rings. The summed E-state index contributed by atoms with van der Waals surface area (Å²) in [4.78, 5) is 10.8. The maximum atomic E-state index is 10.8. The molecule has 0 fully saturated rings. The molecule has 0 aliphatic heterocycles. The maximum Gasteiger partial charge on any atom is 0.306 e. The summed E-state index contributed by atoms with van der Waals surface area (Å²) in [6.45, 7) is 3.90. The molecule has 0 rings (SSSR count). The summed E-state index contributed by atoms with van der Waals surface area (Å²) >= 11 is 0. The van der Waals surface area contributed by atoms with Crippen molar-refractivity contribution < 1.29 is 9.53 Å². The summed E-state index contributed by atoms with van der Waals surface area (Å²) in [7, 11) is 0. The number of carbonyl (C=O) groups is 1. The SMILES string of the molecule is CCCC(=O)OCC(C)=CC#N. The molecule has 0 saturated carbocycles. The third-order valence-corrected chi connectivity index (χ3v) is 1.23. The van der Waals surface area contributed by atoms with E-state index < -0.39 is 0 Å². The molecule has 0 aromatic rings. The van der Waals surface area contributed by atoms with Gasteiger partial charge in [-0.2, -0.15) is 5.26 Å². The number of carbonyl (C=O) groups excluding carboxylic acids is 1. The van der Waals surface area contributed by atoms with Crippen LogP contribution >= 0.6 is 0 Å². The van der Waals surface area contributed by atoms with Crippen molar-refractivity contribution in [3.63, 3.8) is 0 Å². The summed E-state index contributed by atoms with van der Waals surface area (Å²) in [5.74, 6) is -0.205. The van der Waals surface area contributed by atoms with E-state index in [0.29, 0.717) is 6.42 Å². The molecule has 0 heterocycles. The van der Waals surface area contributed by atoms with Crippen LogP contribution in [-0.4, -0.2) is 12.6 Å². The van der Waals surface area contributed by atoms with E-state index in [0.717, 1.165) is 12.0 Å². The highest BCUT2D eigenvalue weighted by Crippen LogP contribution is 1.96. The number of hydrogen-bond acceptors (Lipinski definition) is 3. The number of nitriles is 1. The highest BCUT2D eigenvalue weighted by molar-refractivity contribution is 5.69. The second-order valence-electron chi connectivity index (χ2n) is 2.53. The molecule has 66 valence electrons. The minimum absolute atomic E-state index is 0.205. The normalized spacial score (nSPS) is 10.6. The van der Waals surface area contributed by atoms with E-state index in [1.807, 2.05) is 13.0 Å². The number of esters is 1. The smallest absolute Gasteiger partial charge is 0.306 e. The van der Waals surface area contributed by atoms with E-state index in [1.165, 1.54) is 6.08 Å². The Labute approximate surface area is 72.6 Å². The van der Waals surface area contributed by atoms with Crippen LogP contribution < -0.4 is 0 Å². The van der Waals surface area contributed by atoms with Crippen LogP contribution in [0.4, 0.5) is 0 Å².